The van der Waals surface area contributed by atoms with Crippen LogP contribution in [0.1, 0.15) is 44.2 Å². The number of hydrogen-bond donors (Lipinski definition) is 1. The number of rotatable bonds is 5. The molecule has 1 aromatic carbocycles. The summed E-state index contributed by atoms with van der Waals surface area (Å²) in [4.78, 5) is 0. The molecule has 0 bridgehead atoms. The van der Waals surface area contributed by atoms with Crippen molar-refractivity contribution in [2.45, 2.75) is 45.7 Å². The van der Waals surface area contributed by atoms with E-state index in [1.165, 1.54) is 11.1 Å². The molecule has 86 valence electrons. The second-order valence-electron chi connectivity index (χ2n) is 4.59. The van der Waals surface area contributed by atoms with Crippen LogP contribution in [-0.4, -0.2) is 6.04 Å². The molecule has 1 N–H and O–H groups in total. The van der Waals surface area contributed by atoms with Gasteiger partial charge in [0.1, 0.15) is 0 Å². The Balaban J connectivity index is 2.47. The first-order chi connectivity index (χ1) is 7.63. The van der Waals surface area contributed by atoms with E-state index in [4.69, 9.17) is 6.42 Å². The summed E-state index contributed by atoms with van der Waals surface area (Å²) in [5.74, 6) is 3.26. The minimum atomic E-state index is 0.384. The Kier molecular flexibility index (Phi) is 5.08. The van der Waals surface area contributed by atoms with Gasteiger partial charge in [0, 0.05) is 19.0 Å². The van der Waals surface area contributed by atoms with E-state index >= 15 is 0 Å². The molecule has 0 aliphatic carbocycles. The van der Waals surface area contributed by atoms with Crippen LogP contribution in [0.25, 0.3) is 0 Å². The highest BCUT2D eigenvalue weighted by Crippen LogP contribution is 2.14. The molecule has 1 aromatic rings. The summed E-state index contributed by atoms with van der Waals surface area (Å²) in [7, 11) is 0. The van der Waals surface area contributed by atoms with Crippen LogP contribution in [0.2, 0.25) is 0 Å². The largest absolute Gasteiger partial charge is 0.309 e. The third-order valence-electron chi connectivity index (χ3n) is 2.73. The van der Waals surface area contributed by atoms with Gasteiger partial charge in [-0.05, 0) is 24.0 Å². The van der Waals surface area contributed by atoms with Gasteiger partial charge >= 0.3 is 0 Å². The van der Waals surface area contributed by atoms with Gasteiger partial charge in [-0.25, -0.2) is 0 Å². The average molecular weight is 215 g/mol. The van der Waals surface area contributed by atoms with E-state index in [2.05, 4.69) is 56.3 Å². The van der Waals surface area contributed by atoms with Crippen molar-refractivity contribution in [3.05, 3.63) is 35.4 Å². The van der Waals surface area contributed by atoms with Crippen LogP contribution < -0.4 is 5.32 Å². The van der Waals surface area contributed by atoms with Gasteiger partial charge < -0.3 is 5.32 Å². The molecular formula is C15H21N. The molecular weight excluding hydrogens is 194 g/mol. The monoisotopic (exact) mass is 215 g/mol. The predicted molar refractivity (Wildman–Crippen MR) is 70.3 cm³/mol. The van der Waals surface area contributed by atoms with Gasteiger partial charge in [-0.2, -0.15) is 0 Å². The molecule has 0 heterocycles. The van der Waals surface area contributed by atoms with E-state index in [-0.39, 0.29) is 0 Å². The van der Waals surface area contributed by atoms with Crippen LogP contribution in [0.15, 0.2) is 24.3 Å². The number of terminal acetylenes is 1. The molecule has 1 heteroatoms. The van der Waals surface area contributed by atoms with E-state index in [1.807, 2.05) is 0 Å². The zero-order valence-electron chi connectivity index (χ0n) is 10.5. The van der Waals surface area contributed by atoms with Crippen molar-refractivity contribution in [3.63, 3.8) is 0 Å². The summed E-state index contributed by atoms with van der Waals surface area (Å²) in [6.45, 7) is 7.42. The fourth-order valence-electron chi connectivity index (χ4n) is 1.56. The Morgan fingerprint density at radius 2 is 1.81 bits per heavy atom. The van der Waals surface area contributed by atoms with Gasteiger partial charge in [-0.15, -0.1) is 12.3 Å². The summed E-state index contributed by atoms with van der Waals surface area (Å²) in [6, 6.07) is 9.16. The van der Waals surface area contributed by atoms with Crippen molar-refractivity contribution in [2.24, 2.45) is 0 Å². The van der Waals surface area contributed by atoms with Crippen LogP contribution in [0.4, 0.5) is 0 Å². The smallest absolute Gasteiger partial charge is 0.0238 e. The first-order valence-corrected chi connectivity index (χ1v) is 5.89. The normalized spacial score (nSPS) is 12.4. The lowest BCUT2D eigenvalue weighted by Crippen LogP contribution is -2.24. The molecule has 0 aliphatic heterocycles. The Labute approximate surface area is 99.3 Å². The minimum Gasteiger partial charge on any atom is -0.309 e. The molecule has 0 amide bonds. The third kappa shape index (κ3) is 4.08. The molecule has 0 spiro atoms. The molecule has 0 radical (unpaired) electrons. The molecule has 1 atom stereocenters. The highest BCUT2D eigenvalue weighted by molar-refractivity contribution is 5.24. The Bertz CT molecular complexity index is 343. The van der Waals surface area contributed by atoms with E-state index in [0.717, 1.165) is 13.0 Å². The average Bonchev–Trinajstić information content (AvgIpc) is 2.27. The van der Waals surface area contributed by atoms with Gasteiger partial charge in [0.15, 0.2) is 0 Å². The SMILES string of the molecule is C#CCC(C)NCc1ccc(C(C)C)cc1. The first kappa shape index (κ1) is 12.8. The van der Waals surface area contributed by atoms with Gasteiger partial charge in [0.25, 0.3) is 0 Å². The molecule has 0 saturated carbocycles. The van der Waals surface area contributed by atoms with Gasteiger partial charge in [0.05, 0.1) is 0 Å². The summed E-state index contributed by atoms with van der Waals surface area (Å²) in [6.07, 6.45) is 6.04. The van der Waals surface area contributed by atoms with Crippen LogP contribution in [0.5, 0.6) is 0 Å². The lowest BCUT2D eigenvalue weighted by atomic mass is 10.0. The standard InChI is InChI=1S/C15H21N/c1-5-6-13(4)16-11-14-7-9-15(10-8-14)12(2)3/h1,7-10,12-13,16H,6,11H2,2-4H3. The summed E-state index contributed by atoms with van der Waals surface area (Å²) < 4.78 is 0. The zero-order chi connectivity index (χ0) is 12.0. The van der Waals surface area contributed by atoms with Crippen molar-refractivity contribution >= 4 is 0 Å². The molecule has 1 nitrogen and oxygen atoms in total. The molecule has 1 unspecified atom stereocenters. The molecule has 0 fully saturated rings. The Morgan fingerprint density at radius 1 is 1.19 bits per heavy atom. The van der Waals surface area contributed by atoms with Crippen LogP contribution in [0, 0.1) is 12.3 Å². The van der Waals surface area contributed by atoms with Crippen molar-refractivity contribution in [2.75, 3.05) is 0 Å². The Morgan fingerprint density at radius 3 is 2.31 bits per heavy atom. The van der Waals surface area contributed by atoms with Crippen LogP contribution in [0.3, 0.4) is 0 Å². The number of benzene rings is 1. The quantitative estimate of drug-likeness (QED) is 0.743. The second-order valence-corrected chi connectivity index (χ2v) is 4.59. The van der Waals surface area contributed by atoms with E-state index in [0.29, 0.717) is 12.0 Å². The highest BCUT2D eigenvalue weighted by atomic mass is 14.9. The summed E-state index contributed by atoms with van der Waals surface area (Å²) >= 11 is 0. The second kappa shape index (κ2) is 6.35. The third-order valence-corrected chi connectivity index (χ3v) is 2.73. The molecule has 0 aliphatic rings. The minimum absolute atomic E-state index is 0.384. The van der Waals surface area contributed by atoms with Crippen molar-refractivity contribution < 1.29 is 0 Å². The highest BCUT2D eigenvalue weighted by Gasteiger charge is 2.01. The molecule has 1 rings (SSSR count). The maximum atomic E-state index is 5.26. The summed E-state index contributed by atoms with van der Waals surface area (Å²) in [5.41, 5.74) is 2.70. The van der Waals surface area contributed by atoms with Gasteiger partial charge in [0.2, 0.25) is 0 Å². The van der Waals surface area contributed by atoms with Gasteiger partial charge in [-0.3, -0.25) is 0 Å². The van der Waals surface area contributed by atoms with E-state index in [1.54, 1.807) is 0 Å². The van der Waals surface area contributed by atoms with E-state index < -0.39 is 0 Å². The number of nitrogens with one attached hydrogen (secondary N) is 1. The maximum Gasteiger partial charge on any atom is 0.0238 e. The van der Waals surface area contributed by atoms with Crippen LogP contribution in [-0.2, 0) is 6.54 Å². The fourth-order valence-corrected chi connectivity index (χ4v) is 1.56. The zero-order valence-corrected chi connectivity index (χ0v) is 10.5. The van der Waals surface area contributed by atoms with Crippen molar-refractivity contribution in [1.29, 1.82) is 0 Å². The predicted octanol–water partition coefficient (Wildman–Crippen LogP) is 3.31. The number of hydrogen-bond acceptors (Lipinski definition) is 1. The fraction of sp³-hybridized carbons (Fsp3) is 0.467. The van der Waals surface area contributed by atoms with Gasteiger partial charge in [-0.1, -0.05) is 38.1 Å². The topological polar surface area (TPSA) is 12.0 Å². The lowest BCUT2D eigenvalue weighted by molar-refractivity contribution is 0.559. The molecule has 16 heavy (non-hydrogen) atoms. The van der Waals surface area contributed by atoms with E-state index in [9.17, 15) is 0 Å². The maximum absolute atomic E-state index is 5.26. The van der Waals surface area contributed by atoms with Crippen molar-refractivity contribution in [3.8, 4) is 12.3 Å². The summed E-state index contributed by atoms with van der Waals surface area (Å²) in [5, 5.41) is 3.41. The van der Waals surface area contributed by atoms with Crippen LogP contribution >= 0.6 is 0 Å². The lowest BCUT2D eigenvalue weighted by Gasteiger charge is -2.11. The molecule has 0 saturated heterocycles. The Hall–Kier alpha value is -1.26. The molecule has 0 aromatic heterocycles. The van der Waals surface area contributed by atoms with Crippen molar-refractivity contribution in [1.82, 2.24) is 5.32 Å². The first-order valence-electron chi connectivity index (χ1n) is 5.89.